The number of halogens is 2. The molecule has 3 nitrogen and oxygen atoms in total. The van der Waals surface area contributed by atoms with Crippen LogP contribution in [0.25, 0.3) is 0 Å². The maximum absolute atomic E-state index is 12.8. The first kappa shape index (κ1) is 12.0. The van der Waals surface area contributed by atoms with Gasteiger partial charge in [0.15, 0.2) is 9.84 Å². The molecule has 88 valence electrons. The summed E-state index contributed by atoms with van der Waals surface area (Å²) in [6.07, 6.45) is 0. The van der Waals surface area contributed by atoms with Crippen molar-refractivity contribution in [2.24, 2.45) is 0 Å². The van der Waals surface area contributed by atoms with Gasteiger partial charge in [-0.3, -0.25) is 0 Å². The SMILES string of the molecule is O=S1(=O)CC(NCc2ccc(F)cc2Br)C1. The van der Waals surface area contributed by atoms with E-state index in [4.69, 9.17) is 0 Å². The summed E-state index contributed by atoms with van der Waals surface area (Å²) in [5, 5.41) is 3.12. The van der Waals surface area contributed by atoms with Crippen LogP contribution < -0.4 is 5.32 Å². The zero-order valence-corrected chi connectivity index (χ0v) is 10.8. The number of nitrogens with one attached hydrogen (secondary N) is 1. The average molecular weight is 308 g/mol. The van der Waals surface area contributed by atoms with Crippen molar-refractivity contribution in [3.63, 3.8) is 0 Å². The maximum atomic E-state index is 12.8. The first-order valence-electron chi connectivity index (χ1n) is 4.84. The molecule has 1 aromatic carbocycles. The van der Waals surface area contributed by atoms with Crippen LogP contribution in [0.4, 0.5) is 4.39 Å². The van der Waals surface area contributed by atoms with Gasteiger partial charge >= 0.3 is 0 Å². The van der Waals surface area contributed by atoms with Gasteiger partial charge in [0, 0.05) is 17.1 Å². The first-order valence-corrected chi connectivity index (χ1v) is 7.45. The number of benzene rings is 1. The maximum Gasteiger partial charge on any atom is 0.153 e. The molecule has 16 heavy (non-hydrogen) atoms. The molecule has 1 N–H and O–H groups in total. The second-order valence-electron chi connectivity index (χ2n) is 3.89. The van der Waals surface area contributed by atoms with Crippen LogP contribution in [0, 0.1) is 5.82 Å². The van der Waals surface area contributed by atoms with Crippen LogP contribution in [0.3, 0.4) is 0 Å². The molecule has 1 aliphatic rings. The lowest BCUT2D eigenvalue weighted by molar-refractivity contribution is 0.511. The van der Waals surface area contributed by atoms with Gasteiger partial charge in [-0.1, -0.05) is 22.0 Å². The summed E-state index contributed by atoms with van der Waals surface area (Å²) < 4.78 is 35.3. The molecular formula is C10H11BrFNO2S. The fraction of sp³-hybridized carbons (Fsp3) is 0.400. The standard InChI is InChI=1S/C10H11BrFNO2S/c11-10-3-8(12)2-1-7(10)4-13-9-5-16(14,15)6-9/h1-3,9,13H,4-6H2. The summed E-state index contributed by atoms with van der Waals surface area (Å²) >= 11 is 3.26. The fourth-order valence-electron chi connectivity index (χ4n) is 1.60. The highest BCUT2D eigenvalue weighted by Gasteiger charge is 2.32. The lowest BCUT2D eigenvalue weighted by atomic mass is 10.2. The molecule has 0 amide bonds. The van der Waals surface area contributed by atoms with E-state index in [1.165, 1.54) is 12.1 Å². The predicted octanol–water partition coefficient (Wildman–Crippen LogP) is 1.47. The van der Waals surface area contributed by atoms with Crippen LogP contribution in [-0.4, -0.2) is 26.0 Å². The molecule has 1 aliphatic heterocycles. The summed E-state index contributed by atoms with van der Waals surface area (Å²) in [6, 6.07) is 4.50. The van der Waals surface area contributed by atoms with Crippen molar-refractivity contribution < 1.29 is 12.8 Å². The van der Waals surface area contributed by atoms with Gasteiger partial charge in [0.25, 0.3) is 0 Å². The number of hydrogen-bond acceptors (Lipinski definition) is 3. The minimum absolute atomic E-state index is 0.0296. The van der Waals surface area contributed by atoms with E-state index in [1.54, 1.807) is 6.07 Å². The monoisotopic (exact) mass is 307 g/mol. The molecule has 2 rings (SSSR count). The third-order valence-corrected chi connectivity index (χ3v) is 5.07. The Bertz CT molecular complexity index is 492. The quantitative estimate of drug-likeness (QED) is 0.920. The molecule has 0 radical (unpaired) electrons. The lowest BCUT2D eigenvalue weighted by Gasteiger charge is -2.26. The minimum Gasteiger partial charge on any atom is -0.308 e. The van der Waals surface area contributed by atoms with Crippen LogP contribution in [-0.2, 0) is 16.4 Å². The van der Waals surface area contributed by atoms with Crippen molar-refractivity contribution in [2.45, 2.75) is 12.6 Å². The van der Waals surface area contributed by atoms with E-state index >= 15 is 0 Å². The third-order valence-electron chi connectivity index (χ3n) is 2.51. The van der Waals surface area contributed by atoms with Gasteiger partial charge in [-0.05, 0) is 17.7 Å². The summed E-state index contributed by atoms with van der Waals surface area (Å²) in [5.74, 6) is 0.110. The van der Waals surface area contributed by atoms with E-state index in [0.29, 0.717) is 11.0 Å². The molecule has 1 saturated heterocycles. The lowest BCUT2D eigenvalue weighted by Crippen LogP contribution is -2.50. The Labute approximate surface area is 102 Å². The molecule has 1 heterocycles. The molecule has 0 saturated carbocycles. The van der Waals surface area contributed by atoms with Crippen LogP contribution >= 0.6 is 15.9 Å². The topological polar surface area (TPSA) is 46.2 Å². The number of rotatable bonds is 3. The van der Waals surface area contributed by atoms with Gasteiger partial charge < -0.3 is 5.32 Å². The highest BCUT2D eigenvalue weighted by molar-refractivity contribution is 9.10. The Hall–Kier alpha value is -0.460. The van der Waals surface area contributed by atoms with Crippen LogP contribution in [0.5, 0.6) is 0 Å². The Morgan fingerprint density at radius 1 is 1.44 bits per heavy atom. The predicted molar refractivity (Wildman–Crippen MR) is 63.4 cm³/mol. The van der Waals surface area contributed by atoms with E-state index in [1.807, 2.05) is 0 Å². The zero-order valence-electron chi connectivity index (χ0n) is 8.41. The summed E-state index contributed by atoms with van der Waals surface area (Å²) in [7, 11) is -2.79. The normalized spacial score (nSPS) is 19.4. The molecule has 0 aliphatic carbocycles. The van der Waals surface area contributed by atoms with Gasteiger partial charge in [0.05, 0.1) is 11.5 Å². The van der Waals surface area contributed by atoms with Crippen molar-refractivity contribution in [3.05, 3.63) is 34.1 Å². The number of hydrogen-bond donors (Lipinski definition) is 1. The first-order chi connectivity index (χ1) is 7.46. The largest absolute Gasteiger partial charge is 0.308 e. The third kappa shape index (κ3) is 2.81. The zero-order chi connectivity index (χ0) is 11.8. The fourth-order valence-corrected chi connectivity index (χ4v) is 3.46. The van der Waals surface area contributed by atoms with Crippen LogP contribution in [0.15, 0.2) is 22.7 Å². The van der Waals surface area contributed by atoms with E-state index in [9.17, 15) is 12.8 Å². The molecule has 0 atom stereocenters. The molecule has 1 aromatic rings. The van der Waals surface area contributed by atoms with Crippen molar-refractivity contribution in [3.8, 4) is 0 Å². The molecular weight excluding hydrogens is 297 g/mol. The van der Waals surface area contributed by atoms with E-state index < -0.39 is 9.84 Å². The molecule has 0 aromatic heterocycles. The van der Waals surface area contributed by atoms with Gasteiger partial charge in [-0.25, -0.2) is 12.8 Å². The van der Waals surface area contributed by atoms with Crippen LogP contribution in [0.1, 0.15) is 5.56 Å². The van der Waals surface area contributed by atoms with Gasteiger partial charge in [-0.15, -0.1) is 0 Å². The Kier molecular flexibility index (Phi) is 3.32. The van der Waals surface area contributed by atoms with Crippen molar-refractivity contribution >= 4 is 25.8 Å². The molecule has 0 bridgehead atoms. The van der Waals surface area contributed by atoms with E-state index in [0.717, 1.165) is 5.56 Å². The van der Waals surface area contributed by atoms with Crippen molar-refractivity contribution in [1.82, 2.24) is 5.32 Å². The molecule has 0 spiro atoms. The van der Waals surface area contributed by atoms with Crippen LogP contribution in [0.2, 0.25) is 0 Å². The summed E-state index contributed by atoms with van der Waals surface area (Å²) in [4.78, 5) is 0. The molecule has 1 fully saturated rings. The molecule has 0 unspecified atom stereocenters. The smallest absolute Gasteiger partial charge is 0.153 e. The van der Waals surface area contributed by atoms with Gasteiger partial charge in [0.2, 0.25) is 0 Å². The average Bonchev–Trinajstić information content (AvgIpc) is 2.13. The minimum atomic E-state index is -2.79. The highest BCUT2D eigenvalue weighted by atomic mass is 79.9. The Balaban J connectivity index is 1.91. The second-order valence-corrected chi connectivity index (χ2v) is 6.90. The second kappa shape index (κ2) is 4.43. The number of sulfone groups is 1. The van der Waals surface area contributed by atoms with Gasteiger partial charge in [-0.2, -0.15) is 0 Å². The Morgan fingerprint density at radius 3 is 2.69 bits per heavy atom. The van der Waals surface area contributed by atoms with E-state index in [2.05, 4.69) is 21.2 Å². The summed E-state index contributed by atoms with van der Waals surface area (Å²) in [5.41, 5.74) is 0.922. The van der Waals surface area contributed by atoms with E-state index in [-0.39, 0.29) is 23.4 Å². The Morgan fingerprint density at radius 2 is 2.12 bits per heavy atom. The summed E-state index contributed by atoms with van der Waals surface area (Å²) in [6.45, 7) is 0.543. The van der Waals surface area contributed by atoms with Crippen molar-refractivity contribution in [1.29, 1.82) is 0 Å². The van der Waals surface area contributed by atoms with Crippen molar-refractivity contribution in [2.75, 3.05) is 11.5 Å². The molecule has 6 heteroatoms. The van der Waals surface area contributed by atoms with Gasteiger partial charge in [0.1, 0.15) is 5.82 Å². The highest BCUT2D eigenvalue weighted by Crippen LogP contribution is 2.19.